The van der Waals surface area contributed by atoms with Crippen LogP contribution in [0.3, 0.4) is 0 Å². The Labute approximate surface area is 125 Å². The minimum absolute atomic E-state index is 0.00835. The second kappa shape index (κ2) is 7.87. The molecule has 1 heterocycles. The highest BCUT2D eigenvalue weighted by Crippen LogP contribution is 2.25. The van der Waals surface area contributed by atoms with Crippen LogP contribution in [0.15, 0.2) is 24.3 Å². The van der Waals surface area contributed by atoms with Gasteiger partial charge in [-0.15, -0.1) is 0 Å². The summed E-state index contributed by atoms with van der Waals surface area (Å²) in [7, 11) is 0. The Morgan fingerprint density at radius 1 is 1.14 bits per heavy atom. The maximum atomic E-state index is 10.4. The first-order valence-electron chi connectivity index (χ1n) is 7.47. The Bertz CT molecular complexity index is 417. The first-order chi connectivity index (χ1) is 10.1. The number of β-amino-alcohol motifs (C(OH)–C–C–N with tert-alkyl or cyclic N) is 1. The van der Waals surface area contributed by atoms with E-state index in [1.807, 2.05) is 6.92 Å². The molecule has 0 spiro atoms. The number of benzene rings is 1. The van der Waals surface area contributed by atoms with Gasteiger partial charge in [0, 0.05) is 25.6 Å². The molecule has 21 heavy (non-hydrogen) atoms. The largest absolute Gasteiger partial charge is 0.392 e. The van der Waals surface area contributed by atoms with E-state index in [9.17, 15) is 10.2 Å². The average Bonchev–Trinajstić information content (AvgIpc) is 2.54. The molecule has 0 aliphatic carbocycles. The first kappa shape index (κ1) is 16.4. The van der Waals surface area contributed by atoms with E-state index in [1.54, 1.807) is 24.3 Å². The molecule has 0 saturated carbocycles. The van der Waals surface area contributed by atoms with Crippen molar-refractivity contribution < 1.29 is 20.1 Å². The van der Waals surface area contributed by atoms with Crippen LogP contribution in [-0.4, -0.2) is 59.2 Å². The SMILES string of the molecule is C[C@@H]([C@H](O)CN1CCOCC1)[C@@H](O)c1ccc(CO)cc1. The van der Waals surface area contributed by atoms with Crippen LogP contribution >= 0.6 is 0 Å². The lowest BCUT2D eigenvalue weighted by Crippen LogP contribution is -2.43. The number of aliphatic hydroxyl groups is 3. The third kappa shape index (κ3) is 4.49. The van der Waals surface area contributed by atoms with Crippen molar-refractivity contribution >= 4 is 0 Å². The Kier molecular flexibility index (Phi) is 6.14. The van der Waals surface area contributed by atoms with Crippen LogP contribution in [0.4, 0.5) is 0 Å². The van der Waals surface area contributed by atoms with Gasteiger partial charge in [-0.05, 0) is 11.1 Å². The van der Waals surface area contributed by atoms with Crippen LogP contribution in [-0.2, 0) is 11.3 Å². The molecule has 1 fully saturated rings. The summed E-state index contributed by atoms with van der Waals surface area (Å²) in [5.41, 5.74) is 1.58. The maximum absolute atomic E-state index is 10.4. The molecule has 1 aliphatic heterocycles. The molecule has 3 atom stereocenters. The zero-order chi connectivity index (χ0) is 15.2. The molecule has 2 rings (SSSR count). The minimum Gasteiger partial charge on any atom is -0.392 e. The van der Waals surface area contributed by atoms with Crippen LogP contribution in [0.5, 0.6) is 0 Å². The average molecular weight is 295 g/mol. The molecule has 0 radical (unpaired) electrons. The summed E-state index contributed by atoms with van der Waals surface area (Å²) in [6.45, 7) is 5.45. The summed E-state index contributed by atoms with van der Waals surface area (Å²) in [4.78, 5) is 2.16. The van der Waals surface area contributed by atoms with Gasteiger partial charge in [-0.2, -0.15) is 0 Å². The Morgan fingerprint density at radius 3 is 2.33 bits per heavy atom. The van der Waals surface area contributed by atoms with Crippen LogP contribution in [0, 0.1) is 5.92 Å². The quantitative estimate of drug-likeness (QED) is 0.714. The third-order valence-electron chi connectivity index (χ3n) is 4.16. The number of rotatable bonds is 6. The molecule has 1 aromatic carbocycles. The van der Waals surface area contributed by atoms with Gasteiger partial charge in [0.25, 0.3) is 0 Å². The number of nitrogens with zero attached hydrogens (tertiary/aromatic N) is 1. The molecule has 118 valence electrons. The van der Waals surface area contributed by atoms with Gasteiger partial charge in [-0.1, -0.05) is 31.2 Å². The molecule has 1 saturated heterocycles. The van der Waals surface area contributed by atoms with Gasteiger partial charge in [-0.25, -0.2) is 0 Å². The molecular formula is C16H25NO4. The lowest BCUT2D eigenvalue weighted by Gasteiger charge is -2.32. The number of morpholine rings is 1. The summed E-state index contributed by atoms with van der Waals surface area (Å²) in [6.07, 6.45) is -1.30. The van der Waals surface area contributed by atoms with Crippen molar-refractivity contribution in [1.29, 1.82) is 0 Å². The Morgan fingerprint density at radius 2 is 1.76 bits per heavy atom. The number of hydrogen-bond donors (Lipinski definition) is 3. The highest BCUT2D eigenvalue weighted by Gasteiger charge is 2.26. The second-order valence-electron chi connectivity index (χ2n) is 5.68. The third-order valence-corrected chi connectivity index (χ3v) is 4.16. The highest BCUT2D eigenvalue weighted by atomic mass is 16.5. The lowest BCUT2D eigenvalue weighted by atomic mass is 9.91. The summed E-state index contributed by atoms with van der Waals surface area (Å²) in [5, 5.41) is 29.7. The van der Waals surface area contributed by atoms with Crippen molar-refractivity contribution in [3.05, 3.63) is 35.4 Å². The van der Waals surface area contributed by atoms with Crippen molar-refractivity contribution in [1.82, 2.24) is 4.90 Å². The fourth-order valence-electron chi connectivity index (χ4n) is 2.55. The summed E-state index contributed by atoms with van der Waals surface area (Å²) in [5.74, 6) is -0.257. The zero-order valence-electron chi connectivity index (χ0n) is 12.5. The first-order valence-corrected chi connectivity index (χ1v) is 7.47. The van der Waals surface area contributed by atoms with Gasteiger partial charge in [0.1, 0.15) is 0 Å². The summed E-state index contributed by atoms with van der Waals surface area (Å²) in [6, 6.07) is 7.18. The lowest BCUT2D eigenvalue weighted by molar-refractivity contribution is -0.0239. The molecule has 3 N–H and O–H groups in total. The normalized spacial score (nSPS) is 21.0. The molecule has 5 heteroatoms. The van der Waals surface area contributed by atoms with E-state index >= 15 is 0 Å². The topological polar surface area (TPSA) is 73.2 Å². The van der Waals surface area contributed by atoms with Gasteiger partial charge >= 0.3 is 0 Å². The smallest absolute Gasteiger partial charge is 0.0840 e. The fraction of sp³-hybridized carbons (Fsp3) is 0.625. The fourth-order valence-corrected chi connectivity index (χ4v) is 2.55. The highest BCUT2D eigenvalue weighted by molar-refractivity contribution is 5.24. The zero-order valence-corrected chi connectivity index (χ0v) is 12.5. The van der Waals surface area contributed by atoms with Crippen LogP contribution in [0.2, 0.25) is 0 Å². The molecule has 1 aliphatic rings. The van der Waals surface area contributed by atoms with Crippen LogP contribution in [0.1, 0.15) is 24.2 Å². The van der Waals surface area contributed by atoms with E-state index < -0.39 is 12.2 Å². The van der Waals surface area contributed by atoms with E-state index in [-0.39, 0.29) is 12.5 Å². The predicted molar refractivity (Wildman–Crippen MR) is 79.8 cm³/mol. The second-order valence-corrected chi connectivity index (χ2v) is 5.68. The standard InChI is InChI=1S/C16H25NO4/c1-12(15(19)10-17-6-8-21-9-7-17)16(20)14-4-2-13(11-18)3-5-14/h2-5,12,15-16,18-20H,6-11H2,1H3/t12-,15+,16+/m0/s1. The Hall–Kier alpha value is -0.980. The molecule has 0 unspecified atom stereocenters. The van der Waals surface area contributed by atoms with Crippen LogP contribution in [0.25, 0.3) is 0 Å². The van der Waals surface area contributed by atoms with E-state index in [0.717, 1.165) is 24.2 Å². The van der Waals surface area contributed by atoms with Gasteiger partial charge < -0.3 is 20.1 Å². The predicted octanol–water partition coefficient (Wildman–Crippen LogP) is 0.541. The van der Waals surface area contributed by atoms with Crippen molar-refractivity contribution in [2.45, 2.75) is 25.7 Å². The van der Waals surface area contributed by atoms with E-state index in [1.165, 1.54) is 0 Å². The van der Waals surface area contributed by atoms with Crippen molar-refractivity contribution in [3.8, 4) is 0 Å². The number of aliphatic hydroxyl groups excluding tert-OH is 3. The maximum Gasteiger partial charge on any atom is 0.0840 e. The minimum atomic E-state index is -0.714. The molecule has 0 aromatic heterocycles. The van der Waals surface area contributed by atoms with Crippen molar-refractivity contribution in [2.75, 3.05) is 32.8 Å². The van der Waals surface area contributed by atoms with Gasteiger partial charge in [0.2, 0.25) is 0 Å². The van der Waals surface area contributed by atoms with E-state index in [2.05, 4.69) is 4.90 Å². The Balaban J connectivity index is 1.91. The van der Waals surface area contributed by atoms with Gasteiger partial charge in [0.15, 0.2) is 0 Å². The monoisotopic (exact) mass is 295 g/mol. The summed E-state index contributed by atoms with van der Waals surface area (Å²) < 4.78 is 5.29. The molecule has 5 nitrogen and oxygen atoms in total. The van der Waals surface area contributed by atoms with Gasteiger partial charge in [0.05, 0.1) is 32.0 Å². The molecule has 0 bridgehead atoms. The van der Waals surface area contributed by atoms with Gasteiger partial charge in [-0.3, -0.25) is 4.90 Å². The van der Waals surface area contributed by atoms with E-state index in [0.29, 0.717) is 19.8 Å². The van der Waals surface area contributed by atoms with Crippen LogP contribution < -0.4 is 0 Å². The summed E-state index contributed by atoms with van der Waals surface area (Å²) >= 11 is 0. The van der Waals surface area contributed by atoms with E-state index in [4.69, 9.17) is 9.84 Å². The van der Waals surface area contributed by atoms with Crippen molar-refractivity contribution in [2.24, 2.45) is 5.92 Å². The number of hydrogen-bond acceptors (Lipinski definition) is 5. The molecule has 1 aromatic rings. The molecular weight excluding hydrogens is 270 g/mol. The van der Waals surface area contributed by atoms with Crippen molar-refractivity contribution in [3.63, 3.8) is 0 Å². The number of ether oxygens (including phenoxy) is 1. The molecule has 0 amide bonds.